The molecule has 2 rings (SSSR count). The van der Waals surface area contributed by atoms with Crippen molar-refractivity contribution in [2.45, 2.75) is 6.54 Å². The lowest BCUT2D eigenvalue weighted by molar-refractivity contribution is 0.469. The van der Waals surface area contributed by atoms with Gasteiger partial charge in [0.2, 0.25) is 0 Å². The highest BCUT2D eigenvalue weighted by molar-refractivity contribution is 9.10. The van der Waals surface area contributed by atoms with Crippen molar-refractivity contribution in [2.24, 2.45) is 0 Å². The van der Waals surface area contributed by atoms with Crippen LogP contribution in [0.3, 0.4) is 0 Å². The van der Waals surface area contributed by atoms with Crippen molar-refractivity contribution in [1.29, 1.82) is 0 Å². The Morgan fingerprint density at radius 3 is 2.69 bits per heavy atom. The maximum absolute atomic E-state index is 9.57. The third kappa shape index (κ3) is 2.73. The number of phenolic OH excluding ortho intramolecular Hbond substituents is 1. The highest BCUT2D eigenvalue weighted by Crippen LogP contribution is 2.17. The van der Waals surface area contributed by atoms with Crippen LogP contribution in [-0.2, 0) is 6.54 Å². The highest BCUT2D eigenvalue weighted by Gasteiger charge is 2.00. The van der Waals surface area contributed by atoms with Crippen molar-refractivity contribution >= 4 is 21.7 Å². The molecule has 0 spiro atoms. The van der Waals surface area contributed by atoms with Gasteiger partial charge in [0.15, 0.2) is 0 Å². The number of anilines is 1. The quantitative estimate of drug-likeness (QED) is 0.848. The molecule has 0 fully saturated rings. The van der Waals surface area contributed by atoms with Gasteiger partial charge in [-0.3, -0.25) is 0 Å². The van der Waals surface area contributed by atoms with E-state index in [9.17, 15) is 5.11 Å². The number of hydrogen-bond donors (Lipinski definition) is 2. The lowest BCUT2D eigenvalue weighted by Crippen LogP contribution is -2.01. The van der Waals surface area contributed by atoms with Gasteiger partial charge in [-0.05, 0) is 34.1 Å². The first kappa shape index (κ1) is 11.0. The number of nitrogens with zero attached hydrogens (tertiary/aromatic N) is 1. The van der Waals surface area contributed by atoms with Crippen LogP contribution in [0, 0.1) is 0 Å². The highest BCUT2D eigenvalue weighted by atomic mass is 79.9. The van der Waals surface area contributed by atoms with Crippen LogP contribution in [0.1, 0.15) is 5.56 Å². The fourth-order valence-corrected chi connectivity index (χ4v) is 1.70. The molecule has 0 atom stereocenters. The smallest absolute Gasteiger partial charge is 0.127 e. The molecule has 0 aliphatic carbocycles. The van der Waals surface area contributed by atoms with E-state index < -0.39 is 0 Å². The van der Waals surface area contributed by atoms with E-state index in [0.29, 0.717) is 12.3 Å². The molecular weight excluding hydrogens is 268 g/mol. The summed E-state index contributed by atoms with van der Waals surface area (Å²) in [5, 5.41) is 12.7. The fraction of sp³-hybridized carbons (Fsp3) is 0.0833. The zero-order valence-corrected chi connectivity index (χ0v) is 10.1. The molecule has 0 bridgehead atoms. The molecule has 3 nitrogen and oxygen atoms in total. The molecule has 0 aliphatic heterocycles. The summed E-state index contributed by atoms with van der Waals surface area (Å²) >= 11 is 3.30. The van der Waals surface area contributed by atoms with Gasteiger partial charge in [-0.2, -0.15) is 0 Å². The van der Waals surface area contributed by atoms with Crippen molar-refractivity contribution in [3.05, 3.63) is 52.6 Å². The summed E-state index contributed by atoms with van der Waals surface area (Å²) < 4.78 is 0.787. The van der Waals surface area contributed by atoms with E-state index in [1.807, 2.05) is 30.3 Å². The Hall–Kier alpha value is -1.55. The molecule has 4 heteroatoms. The molecule has 0 saturated heterocycles. The molecule has 1 aromatic heterocycles. The van der Waals surface area contributed by atoms with E-state index in [1.165, 1.54) is 0 Å². The van der Waals surface area contributed by atoms with Gasteiger partial charge in [0.05, 0.1) is 0 Å². The Morgan fingerprint density at radius 2 is 1.94 bits per heavy atom. The molecule has 16 heavy (non-hydrogen) atoms. The van der Waals surface area contributed by atoms with Crippen LogP contribution in [-0.4, -0.2) is 10.1 Å². The Bertz CT molecular complexity index is 488. The summed E-state index contributed by atoms with van der Waals surface area (Å²) in [6, 6.07) is 12.9. The minimum atomic E-state index is 0.296. The fourth-order valence-electron chi connectivity index (χ4n) is 1.35. The predicted octanol–water partition coefficient (Wildman–Crippen LogP) is 3.16. The minimum absolute atomic E-state index is 0.296. The van der Waals surface area contributed by atoms with Gasteiger partial charge < -0.3 is 10.4 Å². The average molecular weight is 279 g/mol. The number of aromatic nitrogens is 1. The number of hydrogen-bond acceptors (Lipinski definition) is 3. The third-order valence-corrected chi connectivity index (χ3v) is 2.61. The molecule has 0 aliphatic rings. The Balaban J connectivity index is 2.05. The summed E-state index contributed by atoms with van der Waals surface area (Å²) in [5.74, 6) is 1.07. The lowest BCUT2D eigenvalue weighted by Gasteiger charge is -2.07. The second-order valence-electron chi connectivity index (χ2n) is 3.33. The molecular formula is C12H11BrN2O. The second-order valence-corrected chi connectivity index (χ2v) is 4.14. The van der Waals surface area contributed by atoms with Crippen molar-refractivity contribution in [3.63, 3.8) is 0 Å². The zero-order valence-electron chi connectivity index (χ0n) is 8.52. The van der Waals surface area contributed by atoms with E-state index in [2.05, 4.69) is 26.2 Å². The first-order valence-electron chi connectivity index (χ1n) is 4.89. The molecule has 0 radical (unpaired) electrons. The van der Waals surface area contributed by atoms with Gasteiger partial charge in [-0.15, -0.1) is 0 Å². The van der Waals surface area contributed by atoms with Crippen molar-refractivity contribution in [3.8, 4) is 5.75 Å². The largest absolute Gasteiger partial charge is 0.508 e. The van der Waals surface area contributed by atoms with Crippen molar-refractivity contribution in [2.75, 3.05) is 5.32 Å². The number of aromatic hydroxyl groups is 1. The molecule has 0 amide bonds. The van der Waals surface area contributed by atoms with Crippen molar-refractivity contribution < 1.29 is 5.11 Å². The van der Waals surface area contributed by atoms with Crippen LogP contribution in [0.5, 0.6) is 5.75 Å². The first-order valence-corrected chi connectivity index (χ1v) is 5.68. The average Bonchev–Trinajstić information content (AvgIpc) is 2.28. The maximum Gasteiger partial charge on any atom is 0.127 e. The van der Waals surface area contributed by atoms with Crippen LogP contribution in [0.15, 0.2) is 47.1 Å². The monoisotopic (exact) mass is 278 g/mol. The maximum atomic E-state index is 9.57. The molecule has 2 N–H and O–H groups in total. The van der Waals surface area contributed by atoms with Crippen LogP contribution >= 0.6 is 15.9 Å². The Labute approximate surface area is 102 Å². The predicted molar refractivity (Wildman–Crippen MR) is 67.4 cm³/mol. The van der Waals surface area contributed by atoms with Gasteiger partial charge in [-0.25, -0.2) is 4.98 Å². The minimum Gasteiger partial charge on any atom is -0.508 e. The zero-order chi connectivity index (χ0) is 11.4. The van der Waals surface area contributed by atoms with Crippen LogP contribution in [0.4, 0.5) is 5.82 Å². The molecule has 0 saturated carbocycles. The van der Waals surface area contributed by atoms with E-state index in [-0.39, 0.29) is 0 Å². The van der Waals surface area contributed by atoms with Gasteiger partial charge in [0, 0.05) is 12.1 Å². The number of benzene rings is 1. The molecule has 82 valence electrons. The first-order chi connectivity index (χ1) is 7.75. The number of phenols is 1. The second kappa shape index (κ2) is 4.99. The van der Waals surface area contributed by atoms with E-state index in [4.69, 9.17) is 0 Å². The molecule has 1 aromatic carbocycles. The summed E-state index contributed by atoms with van der Waals surface area (Å²) in [4.78, 5) is 4.24. The number of halogens is 1. The van der Waals surface area contributed by atoms with E-state index in [0.717, 1.165) is 16.0 Å². The van der Waals surface area contributed by atoms with E-state index in [1.54, 1.807) is 12.1 Å². The number of para-hydroxylation sites is 1. The summed E-state index contributed by atoms with van der Waals surface area (Å²) in [5.41, 5.74) is 0.851. The summed E-state index contributed by atoms with van der Waals surface area (Å²) in [6.45, 7) is 0.552. The number of rotatable bonds is 3. The molecule has 2 aromatic rings. The summed E-state index contributed by atoms with van der Waals surface area (Å²) in [6.07, 6.45) is 0. The molecule has 1 heterocycles. The van der Waals surface area contributed by atoms with Crippen LogP contribution in [0.25, 0.3) is 0 Å². The van der Waals surface area contributed by atoms with Crippen LogP contribution < -0.4 is 5.32 Å². The Kier molecular flexibility index (Phi) is 3.41. The molecule has 0 unspecified atom stereocenters. The third-order valence-electron chi connectivity index (χ3n) is 2.17. The van der Waals surface area contributed by atoms with Gasteiger partial charge in [0.1, 0.15) is 16.2 Å². The van der Waals surface area contributed by atoms with Crippen LogP contribution in [0.2, 0.25) is 0 Å². The van der Waals surface area contributed by atoms with Gasteiger partial charge in [0.25, 0.3) is 0 Å². The number of nitrogens with one attached hydrogen (secondary N) is 1. The Morgan fingerprint density at radius 1 is 1.12 bits per heavy atom. The van der Waals surface area contributed by atoms with Crippen molar-refractivity contribution in [1.82, 2.24) is 4.98 Å². The van der Waals surface area contributed by atoms with E-state index >= 15 is 0 Å². The summed E-state index contributed by atoms with van der Waals surface area (Å²) in [7, 11) is 0. The lowest BCUT2D eigenvalue weighted by atomic mass is 10.2. The topological polar surface area (TPSA) is 45.1 Å². The SMILES string of the molecule is Oc1ccccc1CNc1cccc(Br)n1. The normalized spacial score (nSPS) is 10.1. The number of pyridine rings is 1. The van der Waals surface area contributed by atoms with Gasteiger partial charge in [-0.1, -0.05) is 24.3 Å². The van der Waals surface area contributed by atoms with Gasteiger partial charge >= 0.3 is 0 Å². The standard InChI is InChI=1S/C12H11BrN2O/c13-11-6-3-7-12(15-11)14-8-9-4-1-2-5-10(9)16/h1-7,16H,8H2,(H,14,15).